The van der Waals surface area contributed by atoms with Crippen molar-refractivity contribution in [2.24, 2.45) is 0 Å². The van der Waals surface area contributed by atoms with E-state index in [1.807, 2.05) is 12.1 Å². The van der Waals surface area contributed by atoms with Gasteiger partial charge in [0, 0.05) is 16.1 Å². The van der Waals surface area contributed by atoms with Crippen LogP contribution in [0.15, 0.2) is 28.9 Å². The Kier molecular flexibility index (Phi) is 2.45. The van der Waals surface area contributed by atoms with Gasteiger partial charge in [-0.3, -0.25) is 4.98 Å². The number of nitrogens with zero attached hydrogens (tertiary/aromatic N) is 1. The zero-order valence-electron chi connectivity index (χ0n) is 6.39. The molecule has 0 N–H and O–H groups in total. The summed E-state index contributed by atoms with van der Waals surface area (Å²) < 4.78 is 0.835. The molecule has 1 nitrogen and oxygen atoms in total. The molecule has 0 aliphatic rings. The zero-order valence-corrected chi connectivity index (χ0v) is 9.49. The van der Waals surface area contributed by atoms with Gasteiger partial charge in [0.2, 0.25) is 0 Å². The average Bonchev–Trinajstić information content (AvgIpc) is 2.12. The summed E-state index contributed by atoms with van der Waals surface area (Å²) in [7, 11) is 0. The molecule has 4 heteroatoms. The van der Waals surface area contributed by atoms with Crippen molar-refractivity contribution in [3.63, 3.8) is 0 Å². The van der Waals surface area contributed by atoms with Crippen molar-refractivity contribution in [1.29, 1.82) is 0 Å². The van der Waals surface area contributed by atoms with E-state index in [0.717, 1.165) is 15.4 Å². The molecule has 1 heterocycles. The third-order valence-electron chi connectivity index (χ3n) is 1.74. The average molecular weight is 277 g/mol. The van der Waals surface area contributed by atoms with Gasteiger partial charge >= 0.3 is 0 Å². The Morgan fingerprint density at radius 1 is 1.15 bits per heavy atom. The Morgan fingerprint density at radius 3 is 2.69 bits per heavy atom. The third kappa shape index (κ3) is 1.54. The lowest BCUT2D eigenvalue weighted by atomic mass is 10.2. The van der Waals surface area contributed by atoms with Gasteiger partial charge < -0.3 is 0 Å². The van der Waals surface area contributed by atoms with E-state index >= 15 is 0 Å². The Morgan fingerprint density at radius 2 is 1.92 bits per heavy atom. The molecule has 0 atom stereocenters. The normalized spacial score (nSPS) is 10.7. The lowest BCUT2D eigenvalue weighted by Gasteiger charge is -2.02. The second kappa shape index (κ2) is 3.45. The van der Waals surface area contributed by atoms with Crippen LogP contribution in [-0.2, 0) is 0 Å². The maximum Gasteiger partial charge on any atom is 0.0900 e. The Bertz CT molecular complexity index is 470. The lowest BCUT2D eigenvalue weighted by Crippen LogP contribution is -1.81. The topological polar surface area (TPSA) is 12.9 Å². The molecule has 66 valence electrons. The molecular weight excluding hydrogens is 273 g/mol. The van der Waals surface area contributed by atoms with Crippen LogP contribution in [-0.4, -0.2) is 4.98 Å². The van der Waals surface area contributed by atoms with E-state index in [1.54, 1.807) is 12.3 Å². The maximum atomic E-state index is 5.95. The lowest BCUT2D eigenvalue weighted by molar-refractivity contribution is 1.40. The summed E-state index contributed by atoms with van der Waals surface area (Å²) >= 11 is 15.2. The molecule has 0 radical (unpaired) electrons. The van der Waals surface area contributed by atoms with E-state index in [2.05, 4.69) is 20.9 Å². The van der Waals surface area contributed by atoms with Crippen LogP contribution in [0.1, 0.15) is 0 Å². The van der Waals surface area contributed by atoms with Crippen LogP contribution in [0.5, 0.6) is 0 Å². The molecule has 1 aromatic carbocycles. The van der Waals surface area contributed by atoms with Gasteiger partial charge in [0.25, 0.3) is 0 Å². The van der Waals surface area contributed by atoms with Crippen molar-refractivity contribution < 1.29 is 0 Å². The number of fused-ring (bicyclic) bond motifs is 1. The van der Waals surface area contributed by atoms with Crippen molar-refractivity contribution in [2.45, 2.75) is 0 Å². The van der Waals surface area contributed by atoms with Gasteiger partial charge in [-0.25, -0.2) is 0 Å². The SMILES string of the molecule is Clc1cnc2c(Cl)cccc2c1Br. The summed E-state index contributed by atoms with van der Waals surface area (Å²) in [6.45, 7) is 0. The van der Waals surface area contributed by atoms with Crippen LogP contribution in [0.3, 0.4) is 0 Å². The molecule has 0 aliphatic carbocycles. The van der Waals surface area contributed by atoms with Crippen molar-refractivity contribution in [3.8, 4) is 0 Å². The molecule has 0 unspecified atom stereocenters. The molecule has 0 spiro atoms. The van der Waals surface area contributed by atoms with Gasteiger partial charge in [-0.1, -0.05) is 35.3 Å². The van der Waals surface area contributed by atoms with Gasteiger partial charge in [0.05, 0.1) is 15.6 Å². The second-order valence-electron chi connectivity index (χ2n) is 2.56. The Labute approximate surface area is 93.8 Å². The van der Waals surface area contributed by atoms with Crippen LogP contribution in [0.4, 0.5) is 0 Å². The fourth-order valence-electron chi connectivity index (χ4n) is 1.13. The molecule has 0 bridgehead atoms. The molecule has 2 rings (SSSR count). The first-order valence-electron chi connectivity index (χ1n) is 3.58. The highest BCUT2D eigenvalue weighted by Crippen LogP contribution is 2.32. The summed E-state index contributed by atoms with van der Waals surface area (Å²) in [4.78, 5) is 4.15. The van der Waals surface area contributed by atoms with Gasteiger partial charge in [0.15, 0.2) is 0 Å². The van der Waals surface area contributed by atoms with E-state index in [0.29, 0.717) is 10.0 Å². The van der Waals surface area contributed by atoms with Crippen molar-refractivity contribution in [1.82, 2.24) is 4.98 Å². The summed E-state index contributed by atoms with van der Waals surface area (Å²) in [5.74, 6) is 0. The minimum Gasteiger partial charge on any atom is -0.253 e. The molecule has 0 saturated heterocycles. The first-order valence-corrected chi connectivity index (χ1v) is 5.13. The standard InChI is InChI=1S/C9H4BrCl2N/c10-8-5-2-1-3-6(11)9(5)13-4-7(8)12/h1-4H. The molecule has 13 heavy (non-hydrogen) atoms. The zero-order chi connectivity index (χ0) is 9.42. The first-order chi connectivity index (χ1) is 6.20. The quantitative estimate of drug-likeness (QED) is 0.699. The van der Waals surface area contributed by atoms with Crippen molar-refractivity contribution in [2.75, 3.05) is 0 Å². The van der Waals surface area contributed by atoms with E-state index in [4.69, 9.17) is 23.2 Å². The minimum atomic E-state index is 0.592. The molecule has 2 aromatic rings. The monoisotopic (exact) mass is 275 g/mol. The van der Waals surface area contributed by atoms with Crippen LogP contribution < -0.4 is 0 Å². The largest absolute Gasteiger partial charge is 0.253 e. The molecule has 1 aromatic heterocycles. The van der Waals surface area contributed by atoms with Crippen molar-refractivity contribution in [3.05, 3.63) is 38.9 Å². The van der Waals surface area contributed by atoms with Gasteiger partial charge in [-0.2, -0.15) is 0 Å². The Hall–Kier alpha value is -0.310. The van der Waals surface area contributed by atoms with E-state index in [9.17, 15) is 0 Å². The van der Waals surface area contributed by atoms with Gasteiger partial charge in [0.1, 0.15) is 0 Å². The number of hydrogen-bond donors (Lipinski definition) is 0. The highest BCUT2D eigenvalue weighted by atomic mass is 79.9. The minimum absolute atomic E-state index is 0.592. The number of halogens is 3. The fourth-order valence-corrected chi connectivity index (χ4v) is 1.93. The van der Waals surface area contributed by atoms with Crippen LogP contribution >= 0.6 is 39.1 Å². The number of pyridine rings is 1. The number of rotatable bonds is 0. The van der Waals surface area contributed by atoms with E-state index in [-0.39, 0.29) is 0 Å². The smallest absolute Gasteiger partial charge is 0.0900 e. The molecular formula is C9H4BrCl2N. The first kappa shape index (κ1) is 9.25. The second-order valence-corrected chi connectivity index (χ2v) is 4.16. The highest BCUT2D eigenvalue weighted by molar-refractivity contribution is 9.10. The van der Waals surface area contributed by atoms with E-state index in [1.165, 1.54) is 0 Å². The predicted molar refractivity (Wildman–Crippen MR) is 59.5 cm³/mol. The third-order valence-corrected chi connectivity index (χ3v) is 3.41. The predicted octanol–water partition coefficient (Wildman–Crippen LogP) is 4.30. The van der Waals surface area contributed by atoms with Crippen LogP contribution in [0.2, 0.25) is 10.0 Å². The van der Waals surface area contributed by atoms with E-state index < -0.39 is 0 Å². The summed E-state index contributed by atoms with van der Waals surface area (Å²) in [5.41, 5.74) is 0.764. The number of benzene rings is 1. The summed E-state index contributed by atoms with van der Waals surface area (Å²) in [6, 6.07) is 5.59. The molecule has 0 amide bonds. The van der Waals surface area contributed by atoms with Crippen molar-refractivity contribution >= 4 is 50.0 Å². The number of para-hydroxylation sites is 1. The summed E-state index contributed by atoms with van der Waals surface area (Å²) in [5, 5.41) is 2.16. The number of hydrogen-bond acceptors (Lipinski definition) is 1. The van der Waals surface area contributed by atoms with Crippen LogP contribution in [0.25, 0.3) is 10.9 Å². The molecule has 0 fully saturated rings. The van der Waals surface area contributed by atoms with Crippen LogP contribution in [0, 0.1) is 0 Å². The van der Waals surface area contributed by atoms with Gasteiger partial charge in [-0.15, -0.1) is 0 Å². The maximum absolute atomic E-state index is 5.95. The highest BCUT2D eigenvalue weighted by Gasteiger charge is 2.06. The fraction of sp³-hybridized carbons (Fsp3) is 0. The molecule has 0 aliphatic heterocycles. The number of aromatic nitrogens is 1. The molecule has 0 saturated carbocycles. The van der Waals surface area contributed by atoms with Gasteiger partial charge in [-0.05, 0) is 22.0 Å². The Balaban J connectivity index is 2.94. The summed E-state index contributed by atoms with van der Waals surface area (Å²) in [6.07, 6.45) is 1.58.